The predicted molar refractivity (Wildman–Crippen MR) is 58.6 cm³/mol. The molecule has 1 saturated heterocycles. The average Bonchev–Trinajstić information content (AvgIpc) is 2.12. The maximum Gasteiger partial charge on any atom is 0.0580 e. The number of fused-ring (bicyclic) bond motifs is 1. The van der Waals surface area contributed by atoms with Crippen LogP contribution in [0.4, 0.5) is 0 Å². The Labute approximate surface area is 83.1 Å². The van der Waals surface area contributed by atoms with E-state index in [9.17, 15) is 5.11 Å². The van der Waals surface area contributed by atoms with Gasteiger partial charge in [-0.2, -0.15) is 0 Å². The molecule has 1 heterocycles. The molecule has 2 fully saturated rings. The Bertz CT molecular complexity index is 179. The molecule has 0 aromatic carbocycles. The number of aliphatic hydroxyl groups excluding tert-OH is 1. The summed E-state index contributed by atoms with van der Waals surface area (Å²) in [6, 6.07) is 0. The van der Waals surface area contributed by atoms with Crippen LogP contribution in [-0.2, 0) is 0 Å². The van der Waals surface area contributed by atoms with E-state index in [1.54, 1.807) is 0 Å². The monoisotopic (exact) mass is 200 g/mol. The van der Waals surface area contributed by atoms with Gasteiger partial charge in [0.05, 0.1) is 6.10 Å². The zero-order valence-electron chi connectivity index (χ0n) is 8.66. The topological polar surface area (TPSA) is 20.2 Å². The Morgan fingerprint density at radius 2 is 2.00 bits per heavy atom. The molecule has 0 spiro atoms. The molecule has 1 saturated carbocycles. The summed E-state index contributed by atoms with van der Waals surface area (Å²) in [6.07, 6.45) is 5.05. The van der Waals surface area contributed by atoms with Crippen molar-refractivity contribution in [2.45, 2.75) is 44.9 Å². The SMILES string of the molecule is CC1CCC2PCC(O)CC2C1C. The van der Waals surface area contributed by atoms with Gasteiger partial charge in [-0.05, 0) is 48.8 Å². The predicted octanol–water partition coefficient (Wildman–Crippen LogP) is 2.48. The maximum atomic E-state index is 9.66. The van der Waals surface area contributed by atoms with Crippen molar-refractivity contribution in [1.82, 2.24) is 0 Å². The molecule has 1 N–H and O–H groups in total. The summed E-state index contributed by atoms with van der Waals surface area (Å²) in [5.74, 6) is 2.57. The van der Waals surface area contributed by atoms with E-state index >= 15 is 0 Å². The van der Waals surface area contributed by atoms with Gasteiger partial charge in [-0.3, -0.25) is 0 Å². The molecule has 76 valence electrons. The van der Waals surface area contributed by atoms with Crippen LogP contribution in [-0.4, -0.2) is 23.0 Å². The maximum absolute atomic E-state index is 9.66. The molecule has 0 aromatic heterocycles. The summed E-state index contributed by atoms with van der Waals surface area (Å²) in [6.45, 7) is 4.77. The van der Waals surface area contributed by atoms with Gasteiger partial charge in [-0.1, -0.05) is 13.8 Å². The van der Waals surface area contributed by atoms with Crippen molar-refractivity contribution in [3.63, 3.8) is 0 Å². The van der Waals surface area contributed by atoms with E-state index in [2.05, 4.69) is 13.8 Å². The van der Waals surface area contributed by atoms with Crippen molar-refractivity contribution >= 4 is 8.58 Å². The Hall–Kier alpha value is 0.390. The van der Waals surface area contributed by atoms with E-state index in [0.29, 0.717) is 0 Å². The van der Waals surface area contributed by atoms with Crippen molar-refractivity contribution in [2.24, 2.45) is 17.8 Å². The third-order valence-electron chi connectivity index (χ3n) is 4.18. The number of rotatable bonds is 0. The van der Waals surface area contributed by atoms with Gasteiger partial charge in [0.25, 0.3) is 0 Å². The molecule has 13 heavy (non-hydrogen) atoms. The molecule has 1 aliphatic heterocycles. The molecular formula is C11H21OP. The molecule has 1 nitrogen and oxygen atoms in total. The fourth-order valence-corrected chi connectivity index (χ4v) is 4.88. The lowest BCUT2D eigenvalue weighted by atomic mass is 9.71. The fourth-order valence-electron chi connectivity index (χ4n) is 3.03. The molecule has 0 amide bonds. The molecule has 6 atom stereocenters. The summed E-state index contributed by atoms with van der Waals surface area (Å²) in [7, 11) is 1.04. The van der Waals surface area contributed by atoms with Gasteiger partial charge in [-0.15, -0.1) is 8.58 Å². The second-order valence-corrected chi connectivity index (χ2v) is 6.54. The van der Waals surface area contributed by atoms with Gasteiger partial charge in [0.15, 0.2) is 0 Å². The van der Waals surface area contributed by atoms with E-state index in [1.165, 1.54) is 12.8 Å². The number of aliphatic hydroxyl groups is 1. The number of hydrogen-bond donors (Lipinski definition) is 1. The molecule has 6 unspecified atom stereocenters. The minimum Gasteiger partial charge on any atom is -0.393 e. The van der Waals surface area contributed by atoms with Crippen LogP contribution in [0.1, 0.15) is 33.1 Å². The van der Waals surface area contributed by atoms with Crippen LogP contribution >= 0.6 is 8.58 Å². The first kappa shape index (κ1) is 9.93. The van der Waals surface area contributed by atoms with Crippen LogP contribution < -0.4 is 0 Å². The van der Waals surface area contributed by atoms with Crippen LogP contribution in [0.3, 0.4) is 0 Å². The molecule has 2 aliphatic rings. The van der Waals surface area contributed by atoms with E-state index in [0.717, 1.165) is 44.6 Å². The van der Waals surface area contributed by atoms with Crippen molar-refractivity contribution < 1.29 is 5.11 Å². The van der Waals surface area contributed by atoms with Gasteiger partial charge in [0, 0.05) is 0 Å². The number of hydrogen-bond acceptors (Lipinski definition) is 1. The van der Waals surface area contributed by atoms with Crippen molar-refractivity contribution in [3.05, 3.63) is 0 Å². The van der Waals surface area contributed by atoms with Crippen molar-refractivity contribution in [1.29, 1.82) is 0 Å². The highest BCUT2D eigenvalue weighted by Crippen LogP contribution is 2.48. The van der Waals surface area contributed by atoms with Gasteiger partial charge >= 0.3 is 0 Å². The van der Waals surface area contributed by atoms with Gasteiger partial charge < -0.3 is 5.11 Å². The van der Waals surface area contributed by atoms with Crippen LogP contribution in [0.2, 0.25) is 0 Å². The minimum atomic E-state index is 0.0207. The van der Waals surface area contributed by atoms with Gasteiger partial charge in [0.2, 0.25) is 0 Å². The highest BCUT2D eigenvalue weighted by molar-refractivity contribution is 7.39. The van der Waals surface area contributed by atoms with E-state index in [1.807, 2.05) is 0 Å². The average molecular weight is 200 g/mol. The van der Waals surface area contributed by atoms with Crippen molar-refractivity contribution in [3.8, 4) is 0 Å². The third-order valence-corrected chi connectivity index (χ3v) is 6.13. The van der Waals surface area contributed by atoms with Gasteiger partial charge in [0.1, 0.15) is 0 Å². The standard InChI is InChI=1S/C11H21OP/c1-7-3-4-11-10(8(7)2)5-9(12)6-13-11/h7-13H,3-6H2,1-2H3. The Morgan fingerprint density at radius 1 is 1.23 bits per heavy atom. The third kappa shape index (κ3) is 1.92. The normalized spacial score (nSPS) is 53.3. The molecule has 0 bridgehead atoms. The minimum absolute atomic E-state index is 0.0207. The first-order chi connectivity index (χ1) is 6.18. The Balaban J connectivity index is 2.04. The first-order valence-corrected chi connectivity index (χ1v) is 6.88. The summed E-state index contributed by atoms with van der Waals surface area (Å²) < 4.78 is 0. The zero-order valence-corrected chi connectivity index (χ0v) is 9.66. The summed E-state index contributed by atoms with van der Waals surface area (Å²) in [5.41, 5.74) is 0.967. The second kappa shape index (κ2) is 3.87. The van der Waals surface area contributed by atoms with E-state index in [-0.39, 0.29) is 6.10 Å². The lowest BCUT2D eigenvalue weighted by Crippen LogP contribution is -2.39. The molecule has 2 heteroatoms. The summed E-state index contributed by atoms with van der Waals surface area (Å²) >= 11 is 0. The Kier molecular flexibility index (Phi) is 2.95. The lowest BCUT2D eigenvalue weighted by molar-refractivity contribution is 0.0966. The largest absolute Gasteiger partial charge is 0.393 e. The van der Waals surface area contributed by atoms with E-state index < -0.39 is 0 Å². The van der Waals surface area contributed by atoms with Crippen LogP contribution in [0.5, 0.6) is 0 Å². The zero-order chi connectivity index (χ0) is 9.42. The molecule has 0 radical (unpaired) electrons. The fraction of sp³-hybridized carbons (Fsp3) is 1.00. The summed E-state index contributed by atoms with van der Waals surface area (Å²) in [4.78, 5) is 0. The molecular weight excluding hydrogens is 179 g/mol. The summed E-state index contributed by atoms with van der Waals surface area (Å²) in [5, 5.41) is 9.66. The second-order valence-electron chi connectivity index (χ2n) is 4.98. The quantitative estimate of drug-likeness (QED) is 0.596. The van der Waals surface area contributed by atoms with Crippen LogP contribution in [0, 0.1) is 17.8 Å². The first-order valence-electron chi connectivity index (χ1n) is 5.60. The highest BCUT2D eigenvalue weighted by atomic mass is 31.1. The molecule has 1 aliphatic carbocycles. The van der Waals surface area contributed by atoms with Crippen LogP contribution in [0.15, 0.2) is 0 Å². The molecule has 2 rings (SSSR count). The Morgan fingerprint density at radius 3 is 2.77 bits per heavy atom. The van der Waals surface area contributed by atoms with E-state index in [4.69, 9.17) is 0 Å². The smallest absolute Gasteiger partial charge is 0.0580 e. The molecule has 0 aromatic rings. The lowest BCUT2D eigenvalue weighted by Gasteiger charge is -2.44. The van der Waals surface area contributed by atoms with Crippen LogP contribution in [0.25, 0.3) is 0 Å². The van der Waals surface area contributed by atoms with Gasteiger partial charge in [-0.25, -0.2) is 0 Å². The highest BCUT2D eigenvalue weighted by Gasteiger charge is 2.38. The van der Waals surface area contributed by atoms with Crippen molar-refractivity contribution in [2.75, 3.05) is 6.16 Å².